The molecule has 0 atom stereocenters. The van der Waals surface area contributed by atoms with Crippen molar-refractivity contribution in [3.8, 4) is 33.4 Å². The van der Waals surface area contributed by atoms with E-state index in [2.05, 4.69) is 194 Å². The molecule has 0 heterocycles. The van der Waals surface area contributed by atoms with Crippen molar-refractivity contribution in [2.45, 2.75) is 0 Å². The molecule has 0 radical (unpaired) electrons. The number of hydrogen-bond donors (Lipinski definition) is 0. The average Bonchev–Trinajstić information content (AvgIpc) is 3.79. The second-order valence-electron chi connectivity index (χ2n) is 16.2. The van der Waals surface area contributed by atoms with Crippen LogP contribution in [0.4, 0.5) is 0 Å². The van der Waals surface area contributed by atoms with Crippen molar-refractivity contribution in [3.63, 3.8) is 0 Å². The SMILES string of the molecule is c1ccc(-c2ccc3c4c(-c5ccccc5)c5cc6c(cc5c(-c5ccccc5)c4c4cccc2c43)c2ccc3c4cccc5cccc(c7ccc6c2c37)c54)cc1. The van der Waals surface area contributed by atoms with Gasteiger partial charge in [-0.2, -0.15) is 0 Å². The summed E-state index contributed by atoms with van der Waals surface area (Å²) >= 11 is 0. The van der Waals surface area contributed by atoms with Crippen LogP contribution in [0.2, 0.25) is 0 Å². The molecule has 0 spiro atoms. The van der Waals surface area contributed by atoms with Crippen molar-refractivity contribution in [2.75, 3.05) is 0 Å². The Morgan fingerprint density at radius 2 is 0.586 bits per heavy atom. The van der Waals surface area contributed by atoms with Crippen LogP contribution in [0.25, 0.3) is 141 Å². The van der Waals surface area contributed by atoms with E-state index in [4.69, 9.17) is 0 Å². The third kappa shape index (κ3) is 3.80. The van der Waals surface area contributed by atoms with Crippen LogP contribution in [0.3, 0.4) is 0 Å². The fraction of sp³-hybridized carbons (Fsp3) is 0. The minimum Gasteiger partial charge on any atom is -0.0622 e. The van der Waals surface area contributed by atoms with E-state index in [1.54, 1.807) is 0 Å². The zero-order valence-electron chi connectivity index (χ0n) is 31.5. The Balaban J connectivity index is 1.22. The van der Waals surface area contributed by atoms with Crippen molar-refractivity contribution in [1.29, 1.82) is 0 Å². The smallest absolute Gasteiger partial charge is 0.000740 e. The summed E-state index contributed by atoms with van der Waals surface area (Å²) in [6.07, 6.45) is 0. The number of fused-ring (bicyclic) bond motifs is 9. The first-order chi connectivity index (χ1) is 28.8. The lowest BCUT2D eigenvalue weighted by Crippen LogP contribution is -1.89. The Labute approximate surface area is 333 Å². The lowest BCUT2D eigenvalue weighted by atomic mass is 9.85. The molecule has 0 nitrogen and oxygen atoms in total. The Kier molecular flexibility index (Phi) is 5.85. The molecule has 14 aromatic carbocycles. The van der Waals surface area contributed by atoms with Crippen LogP contribution in [-0.4, -0.2) is 0 Å². The zero-order valence-corrected chi connectivity index (χ0v) is 31.5. The van der Waals surface area contributed by atoms with Gasteiger partial charge in [-0.25, -0.2) is 0 Å². The van der Waals surface area contributed by atoms with Gasteiger partial charge in [-0.3, -0.25) is 0 Å². The van der Waals surface area contributed by atoms with Crippen LogP contribution in [0.1, 0.15) is 0 Å². The molecule has 14 aromatic rings. The first-order valence-electron chi connectivity index (χ1n) is 20.4. The van der Waals surface area contributed by atoms with Crippen molar-refractivity contribution < 1.29 is 0 Å². The fourth-order valence-electron chi connectivity index (χ4n) is 11.2. The fourth-order valence-corrected chi connectivity index (χ4v) is 11.2. The van der Waals surface area contributed by atoms with Gasteiger partial charge in [0, 0.05) is 0 Å². The average molecular weight is 729 g/mol. The summed E-state index contributed by atoms with van der Waals surface area (Å²) in [4.78, 5) is 0. The molecule has 58 heavy (non-hydrogen) atoms. The van der Waals surface area contributed by atoms with Gasteiger partial charge in [-0.05, 0) is 153 Å². The van der Waals surface area contributed by atoms with Crippen molar-refractivity contribution >= 4 is 108 Å². The molecule has 0 fully saturated rings. The van der Waals surface area contributed by atoms with Crippen LogP contribution in [0, 0.1) is 0 Å². The molecule has 0 unspecified atom stereocenters. The Morgan fingerprint density at radius 1 is 0.190 bits per heavy atom. The third-order valence-corrected chi connectivity index (χ3v) is 13.5. The molecular weight excluding hydrogens is 697 g/mol. The lowest BCUT2D eigenvalue weighted by molar-refractivity contribution is 1.67. The molecule has 0 saturated carbocycles. The molecule has 0 aliphatic heterocycles. The van der Waals surface area contributed by atoms with E-state index in [9.17, 15) is 0 Å². The number of rotatable bonds is 3. The topological polar surface area (TPSA) is 0 Å². The van der Waals surface area contributed by atoms with Gasteiger partial charge in [0.1, 0.15) is 0 Å². The van der Waals surface area contributed by atoms with E-state index in [1.807, 2.05) is 0 Å². The molecule has 0 aromatic heterocycles. The molecule has 0 N–H and O–H groups in total. The summed E-state index contributed by atoms with van der Waals surface area (Å²) in [6, 6.07) is 73.1. The predicted octanol–water partition coefficient (Wildman–Crippen LogP) is 16.5. The van der Waals surface area contributed by atoms with Crippen LogP contribution in [0.5, 0.6) is 0 Å². The van der Waals surface area contributed by atoms with E-state index in [0.717, 1.165) is 0 Å². The quantitative estimate of drug-likeness (QED) is 0.126. The standard InChI is InChI=1S/C58H32/c1-4-13-33(14-5-1)37-25-30-46-54-38(37)23-12-24-45(54)57-52(35-15-6-2-7-16-35)49-31-47-43-28-26-41-39-21-10-19-34-20-11-22-40(51(34)39)42-27-29-44(56(43)55(41)42)48(47)32-50(49)53(58(46)57)36-17-8-3-9-18-36/h1-32H. The van der Waals surface area contributed by atoms with Crippen LogP contribution in [-0.2, 0) is 0 Å². The van der Waals surface area contributed by atoms with E-state index >= 15 is 0 Å². The van der Waals surface area contributed by atoms with Crippen LogP contribution >= 0.6 is 0 Å². The van der Waals surface area contributed by atoms with Gasteiger partial charge in [0.15, 0.2) is 0 Å². The normalized spacial score (nSPS) is 12.5. The summed E-state index contributed by atoms with van der Waals surface area (Å²) in [5, 5.41) is 26.6. The maximum Gasteiger partial charge on any atom is -0.000740 e. The molecule has 0 bridgehead atoms. The van der Waals surface area contributed by atoms with Crippen molar-refractivity contribution in [2.24, 2.45) is 0 Å². The van der Waals surface area contributed by atoms with E-state index in [-0.39, 0.29) is 0 Å². The van der Waals surface area contributed by atoms with Crippen LogP contribution < -0.4 is 0 Å². The van der Waals surface area contributed by atoms with Crippen molar-refractivity contribution in [1.82, 2.24) is 0 Å². The summed E-state index contributed by atoms with van der Waals surface area (Å²) in [7, 11) is 0. The minimum absolute atomic E-state index is 1.24. The van der Waals surface area contributed by atoms with E-state index in [1.165, 1.54) is 141 Å². The Hall–Kier alpha value is -7.54. The van der Waals surface area contributed by atoms with Crippen molar-refractivity contribution in [3.05, 3.63) is 194 Å². The number of hydrogen-bond acceptors (Lipinski definition) is 0. The summed E-state index contributed by atoms with van der Waals surface area (Å²) < 4.78 is 0. The highest BCUT2D eigenvalue weighted by atomic mass is 14.3. The summed E-state index contributed by atoms with van der Waals surface area (Å²) in [6.45, 7) is 0. The predicted molar refractivity (Wildman–Crippen MR) is 251 cm³/mol. The second kappa shape index (κ2) is 11.1. The lowest BCUT2D eigenvalue weighted by Gasteiger charge is -2.17. The monoisotopic (exact) mass is 728 g/mol. The maximum absolute atomic E-state index is 2.55. The van der Waals surface area contributed by atoms with E-state index in [0.29, 0.717) is 0 Å². The van der Waals surface area contributed by atoms with Gasteiger partial charge >= 0.3 is 0 Å². The van der Waals surface area contributed by atoms with Gasteiger partial charge in [-0.1, -0.05) is 182 Å². The third-order valence-electron chi connectivity index (χ3n) is 13.5. The Bertz CT molecular complexity index is 3780. The molecule has 0 amide bonds. The highest BCUT2D eigenvalue weighted by Gasteiger charge is 2.26. The second-order valence-corrected chi connectivity index (χ2v) is 16.2. The van der Waals surface area contributed by atoms with Gasteiger partial charge < -0.3 is 0 Å². The molecular formula is C58H32. The first-order valence-corrected chi connectivity index (χ1v) is 20.4. The molecule has 0 heteroatoms. The van der Waals surface area contributed by atoms with Gasteiger partial charge in [0.05, 0.1) is 0 Å². The molecule has 0 saturated heterocycles. The van der Waals surface area contributed by atoms with Crippen LogP contribution in [0.15, 0.2) is 194 Å². The highest BCUT2D eigenvalue weighted by Crippen LogP contribution is 2.54. The molecule has 0 aliphatic rings. The summed E-state index contributed by atoms with van der Waals surface area (Å²) in [5.74, 6) is 0. The van der Waals surface area contributed by atoms with Gasteiger partial charge in [0.2, 0.25) is 0 Å². The molecule has 264 valence electrons. The Morgan fingerprint density at radius 3 is 1.12 bits per heavy atom. The van der Waals surface area contributed by atoms with Gasteiger partial charge in [-0.15, -0.1) is 0 Å². The highest BCUT2D eigenvalue weighted by molar-refractivity contribution is 6.45. The maximum atomic E-state index is 2.55. The van der Waals surface area contributed by atoms with E-state index < -0.39 is 0 Å². The number of benzene rings is 12. The first kappa shape index (κ1) is 30.7. The zero-order chi connectivity index (χ0) is 37.6. The molecule has 14 rings (SSSR count). The largest absolute Gasteiger partial charge is 0.0622 e. The van der Waals surface area contributed by atoms with Gasteiger partial charge in [0.25, 0.3) is 0 Å². The minimum atomic E-state index is 1.24. The molecule has 0 aliphatic carbocycles. The summed E-state index contributed by atoms with van der Waals surface area (Å²) in [5.41, 5.74) is 7.63.